The Bertz CT molecular complexity index is 1280. The highest BCUT2D eigenvalue weighted by molar-refractivity contribution is 5.72. The smallest absolute Gasteiger partial charge is 0.306 e. The Balaban J connectivity index is 1.32. The third-order valence-electron chi connectivity index (χ3n) is 5.90. The second-order valence-electron chi connectivity index (χ2n) is 8.18. The topological polar surface area (TPSA) is 146 Å². The minimum absolute atomic E-state index is 0.0262. The molecule has 12 nitrogen and oxygen atoms in total. The van der Waals surface area contributed by atoms with Crippen LogP contribution in [-0.4, -0.2) is 70.1 Å². The summed E-state index contributed by atoms with van der Waals surface area (Å²) in [6.07, 6.45) is 9.02. The largest absolute Gasteiger partial charge is 0.481 e. The van der Waals surface area contributed by atoms with Crippen molar-refractivity contribution in [3.63, 3.8) is 0 Å². The van der Waals surface area contributed by atoms with Gasteiger partial charge in [-0.25, -0.2) is 4.98 Å². The lowest BCUT2D eigenvalue weighted by Gasteiger charge is -2.12. The summed E-state index contributed by atoms with van der Waals surface area (Å²) in [7, 11) is 0. The standard InChI is InChI=1S/C22H25N9O3/c1-2-34-8-7-30-13-15(10-25-30)18-6-5-17(11-23-18)31-20-19(28-29-31)12-24-22(27-20)26-16-4-3-14(9-16)21(32)33/h5-6,10-14,16H,2-4,7-9H2,1H3,(H,32,33)(H,24,26,27)/t14-,16-/m1/s1. The SMILES string of the molecule is CCOCCn1cc(-c2ccc(-n3nnc4cnc(N[C@@H]5CC[C@@H](C(=O)O)C5)nc43)cn2)cn1. The number of nitrogens with zero attached hydrogens (tertiary/aromatic N) is 8. The van der Waals surface area contributed by atoms with E-state index in [2.05, 4.69) is 35.7 Å². The molecule has 4 aromatic heterocycles. The molecule has 1 saturated carbocycles. The molecule has 1 aliphatic rings. The van der Waals surface area contributed by atoms with Crippen LogP contribution in [0.2, 0.25) is 0 Å². The summed E-state index contributed by atoms with van der Waals surface area (Å²) in [6.45, 7) is 3.95. The van der Waals surface area contributed by atoms with Crippen molar-refractivity contribution in [2.24, 2.45) is 5.92 Å². The molecular formula is C22H25N9O3. The molecule has 0 aliphatic heterocycles. The summed E-state index contributed by atoms with van der Waals surface area (Å²) in [5, 5.41) is 25.2. The zero-order chi connectivity index (χ0) is 23.5. The molecule has 0 aromatic carbocycles. The second kappa shape index (κ2) is 9.51. The molecule has 0 bridgehead atoms. The van der Waals surface area contributed by atoms with Gasteiger partial charge in [0.25, 0.3) is 0 Å². The van der Waals surface area contributed by atoms with Crippen LogP contribution >= 0.6 is 0 Å². The maximum absolute atomic E-state index is 11.2. The number of anilines is 1. The average Bonchev–Trinajstić information content (AvgIpc) is 3.59. The summed E-state index contributed by atoms with van der Waals surface area (Å²) in [5.74, 6) is -0.650. The van der Waals surface area contributed by atoms with Crippen molar-refractivity contribution in [1.29, 1.82) is 0 Å². The van der Waals surface area contributed by atoms with Crippen molar-refractivity contribution in [1.82, 2.24) is 39.7 Å². The van der Waals surface area contributed by atoms with Crippen molar-refractivity contribution in [3.05, 3.63) is 36.9 Å². The Kier molecular flexibility index (Phi) is 6.12. The third kappa shape index (κ3) is 4.57. The molecule has 12 heteroatoms. The zero-order valence-corrected chi connectivity index (χ0v) is 18.7. The van der Waals surface area contributed by atoms with E-state index in [1.807, 2.05) is 29.9 Å². The van der Waals surface area contributed by atoms with E-state index in [0.29, 0.717) is 55.4 Å². The number of rotatable bonds is 9. The van der Waals surface area contributed by atoms with Crippen LogP contribution in [0, 0.1) is 5.92 Å². The number of fused-ring (bicyclic) bond motifs is 1. The number of aromatic nitrogens is 8. The fourth-order valence-corrected chi connectivity index (χ4v) is 4.09. The average molecular weight is 464 g/mol. The lowest BCUT2D eigenvalue weighted by atomic mass is 10.1. The highest BCUT2D eigenvalue weighted by Crippen LogP contribution is 2.28. The second-order valence-corrected chi connectivity index (χ2v) is 8.18. The number of aliphatic carboxylic acids is 1. The van der Waals surface area contributed by atoms with E-state index in [1.54, 1.807) is 23.3 Å². The first-order valence-corrected chi connectivity index (χ1v) is 11.3. The van der Waals surface area contributed by atoms with Gasteiger partial charge in [0.1, 0.15) is 0 Å². The molecule has 0 saturated heterocycles. The summed E-state index contributed by atoms with van der Waals surface area (Å²) in [6, 6.07) is 3.83. The predicted octanol–water partition coefficient (Wildman–Crippen LogP) is 2.17. The predicted molar refractivity (Wildman–Crippen MR) is 122 cm³/mol. The molecule has 1 fully saturated rings. The van der Waals surface area contributed by atoms with Crippen LogP contribution in [0.5, 0.6) is 0 Å². The van der Waals surface area contributed by atoms with Gasteiger partial charge < -0.3 is 15.2 Å². The molecule has 2 atom stereocenters. The molecule has 0 unspecified atom stereocenters. The first kappa shape index (κ1) is 21.9. The molecule has 176 valence electrons. The van der Waals surface area contributed by atoms with E-state index in [9.17, 15) is 9.90 Å². The van der Waals surface area contributed by atoms with E-state index < -0.39 is 5.97 Å². The first-order chi connectivity index (χ1) is 16.6. The number of carboxylic acid groups (broad SMARTS) is 1. The van der Waals surface area contributed by atoms with Gasteiger partial charge in [0.05, 0.1) is 49.0 Å². The minimum atomic E-state index is -0.753. The van der Waals surface area contributed by atoms with Crippen molar-refractivity contribution in [3.8, 4) is 16.9 Å². The molecular weight excluding hydrogens is 438 g/mol. The van der Waals surface area contributed by atoms with Gasteiger partial charge in [-0.2, -0.15) is 14.8 Å². The molecule has 0 amide bonds. The summed E-state index contributed by atoms with van der Waals surface area (Å²) in [5.41, 5.74) is 3.52. The molecule has 0 spiro atoms. The number of carbonyl (C=O) groups is 1. The highest BCUT2D eigenvalue weighted by atomic mass is 16.5. The number of carboxylic acids is 1. The fourth-order valence-electron chi connectivity index (χ4n) is 4.09. The molecule has 4 heterocycles. The van der Waals surface area contributed by atoms with Crippen LogP contribution in [0.25, 0.3) is 28.1 Å². The molecule has 5 rings (SSSR count). The highest BCUT2D eigenvalue weighted by Gasteiger charge is 2.30. The number of hydrogen-bond acceptors (Lipinski definition) is 9. The van der Waals surface area contributed by atoms with Gasteiger partial charge in [0.15, 0.2) is 11.2 Å². The molecule has 0 radical (unpaired) electrons. The Morgan fingerprint density at radius 3 is 2.91 bits per heavy atom. The van der Waals surface area contributed by atoms with E-state index in [0.717, 1.165) is 17.7 Å². The summed E-state index contributed by atoms with van der Waals surface area (Å²) >= 11 is 0. The van der Waals surface area contributed by atoms with Crippen molar-refractivity contribution in [2.75, 3.05) is 18.5 Å². The van der Waals surface area contributed by atoms with Crippen LogP contribution in [0.15, 0.2) is 36.9 Å². The quantitative estimate of drug-likeness (QED) is 0.354. The van der Waals surface area contributed by atoms with Gasteiger partial charge >= 0.3 is 5.97 Å². The maximum Gasteiger partial charge on any atom is 0.306 e. The maximum atomic E-state index is 11.2. The Hall–Kier alpha value is -3.93. The van der Waals surface area contributed by atoms with Gasteiger partial charge in [-0.05, 0) is 38.3 Å². The zero-order valence-electron chi connectivity index (χ0n) is 18.7. The van der Waals surface area contributed by atoms with Crippen molar-refractivity contribution < 1.29 is 14.6 Å². The van der Waals surface area contributed by atoms with Gasteiger partial charge in [0.2, 0.25) is 5.95 Å². The summed E-state index contributed by atoms with van der Waals surface area (Å²) < 4.78 is 8.82. The minimum Gasteiger partial charge on any atom is -0.481 e. The Morgan fingerprint density at radius 1 is 1.24 bits per heavy atom. The number of ether oxygens (including phenoxy) is 1. The molecule has 34 heavy (non-hydrogen) atoms. The van der Waals surface area contributed by atoms with E-state index in [4.69, 9.17) is 4.74 Å². The van der Waals surface area contributed by atoms with E-state index >= 15 is 0 Å². The first-order valence-electron chi connectivity index (χ1n) is 11.3. The van der Waals surface area contributed by atoms with Gasteiger partial charge in [0, 0.05) is 24.4 Å². The van der Waals surface area contributed by atoms with Gasteiger partial charge in [-0.3, -0.25) is 14.5 Å². The van der Waals surface area contributed by atoms with E-state index in [1.165, 1.54) is 0 Å². The van der Waals surface area contributed by atoms with Crippen LogP contribution in [0.1, 0.15) is 26.2 Å². The van der Waals surface area contributed by atoms with Crippen LogP contribution in [0.3, 0.4) is 0 Å². The summed E-state index contributed by atoms with van der Waals surface area (Å²) in [4.78, 5) is 24.7. The third-order valence-corrected chi connectivity index (χ3v) is 5.90. The van der Waals surface area contributed by atoms with Crippen LogP contribution in [0.4, 0.5) is 5.95 Å². The van der Waals surface area contributed by atoms with Crippen molar-refractivity contribution >= 4 is 23.1 Å². The lowest BCUT2D eigenvalue weighted by molar-refractivity contribution is -0.141. The van der Waals surface area contributed by atoms with Gasteiger partial charge in [-0.1, -0.05) is 5.21 Å². The van der Waals surface area contributed by atoms with Crippen LogP contribution < -0.4 is 5.32 Å². The Labute approximate surface area is 195 Å². The number of pyridine rings is 1. The monoisotopic (exact) mass is 463 g/mol. The number of hydrogen-bond donors (Lipinski definition) is 2. The normalized spacial score (nSPS) is 17.9. The van der Waals surface area contributed by atoms with Gasteiger partial charge in [-0.15, -0.1) is 5.10 Å². The lowest BCUT2D eigenvalue weighted by Crippen LogP contribution is -2.19. The number of nitrogens with one attached hydrogen (secondary N) is 1. The van der Waals surface area contributed by atoms with E-state index in [-0.39, 0.29) is 12.0 Å². The Morgan fingerprint density at radius 2 is 2.15 bits per heavy atom. The molecule has 1 aliphatic carbocycles. The van der Waals surface area contributed by atoms with Crippen LogP contribution in [-0.2, 0) is 16.1 Å². The van der Waals surface area contributed by atoms with Crippen molar-refractivity contribution in [2.45, 2.75) is 38.8 Å². The molecule has 4 aromatic rings. The molecule has 2 N–H and O–H groups in total. The fraction of sp³-hybridized carbons (Fsp3) is 0.409.